The van der Waals surface area contributed by atoms with Crippen LogP contribution in [0.2, 0.25) is 0 Å². The van der Waals surface area contributed by atoms with E-state index >= 15 is 0 Å². The Labute approximate surface area is 202 Å². The van der Waals surface area contributed by atoms with Crippen molar-refractivity contribution in [2.75, 3.05) is 27.8 Å². The summed E-state index contributed by atoms with van der Waals surface area (Å²) in [5.41, 5.74) is 4.39. The molecule has 0 aliphatic carbocycles. The van der Waals surface area contributed by atoms with Crippen LogP contribution in [0.4, 0.5) is 4.79 Å². The molecule has 0 saturated carbocycles. The zero-order valence-corrected chi connectivity index (χ0v) is 20.9. The third-order valence-electron chi connectivity index (χ3n) is 6.07. The molecule has 0 spiro atoms. The number of nitrogens with one attached hydrogen (secondary N) is 2. The van der Waals surface area contributed by atoms with Crippen molar-refractivity contribution in [3.05, 3.63) is 64.9 Å². The third-order valence-corrected chi connectivity index (χ3v) is 6.07. The fourth-order valence-electron chi connectivity index (χ4n) is 4.09. The number of carbonyl (C=O) groups is 2. The first-order valence-electron chi connectivity index (χ1n) is 11.6. The first kappa shape index (κ1) is 25.1. The summed E-state index contributed by atoms with van der Waals surface area (Å²) >= 11 is 0. The van der Waals surface area contributed by atoms with E-state index in [0.29, 0.717) is 35.9 Å². The quantitative estimate of drug-likeness (QED) is 0.633. The van der Waals surface area contributed by atoms with Gasteiger partial charge in [0.25, 0.3) is 5.91 Å². The highest BCUT2D eigenvalue weighted by Crippen LogP contribution is 2.39. The Morgan fingerprint density at radius 2 is 1.74 bits per heavy atom. The molecule has 7 nitrogen and oxygen atoms in total. The number of hydrogen-bond acceptors (Lipinski definition) is 4. The van der Waals surface area contributed by atoms with Crippen LogP contribution < -0.4 is 20.1 Å². The third kappa shape index (κ3) is 5.53. The van der Waals surface area contributed by atoms with Gasteiger partial charge in [-0.15, -0.1) is 0 Å². The zero-order chi connectivity index (χ0) is 24.8. The van der Waals surface area contributed by atoms with Gasteiger partial charge in [0.2, 0.25) is 0 Å². The predicted molar refractivity (Wildman–Crippen MR) is 134 cm³/mol. The molecule has 2 aromatic rings. The minimum atomic E-state index is -0.183. The molecule has 1 unspecified atom stereocenters. The predicted octanol–water partition coefficient (Wildman–Crippen LogP) is 4.45. The van der Waals surface area contributed by atoms with E-state index in [4.69, 9.17) is 9.47 Å². The van der Waals surface area contributed by atoms with Gasteiger partial charge in [0.1, 0.15) is 0 Å². The number of amides is 3. The van der Waals surface area contributed by atoms with Gasteiger partial charge in [-0.1, -0.05) is 26.0 Å². The van der Waals surface area contributed by atoms with E-state index in [-0.39, 0.29) is 18.0 Å². The van der Waals surface area contributed by atoms with Crippen LogP contribution in [-0.4, -0.2) is 50.7 Å². The molecule has 0 radical (unpaired) electrons. The Hall–Kier alpha value is -3.48. The van der Waals surface area contributed by atoms with E-state index in [9.17, 15) is 9.59 Å². The summed E-state index contributed by atoms with van der Waals surface area (Å²) in [7, 11) is 4.85. The maximum Gasteiger partial charge on any atom is 0.321 e. The molecule has 0 bridgehead atoms. The topological polar surface area (TPSA) is 79.9 Å². The maximum absolute atomic E-state index is 12.7. The van der Waals surface area contributed by atoms with Crippen molar-refractivity contribution in [2.24, 2.45) is 5.92 Å². The lowest BCUT2D eigenvalue weighted by molar-refractivity contribution is 0.0952. The highest BCUT2D eigenvalue weighted by Gasteiger charge is 2.27. The second kappa shape index (κ2) is 11.1. The summed E-state index contributed by atoms with van der Waals surface area (Å²) in [6.07, 6.45) is 3.46. The average molecular weight is 466 g/mol. The van der Waals surface area contributed by atoms with Crippen LogP contribution in [0.1, 0.15) is 54.2 Å². The summed E-state index contributed by atoms with van der Waals surface area (Å²) in [5, 5.41) is 5.70. The first-order chi connectivity index (χ1) is 16.3. The van der Waals surface area contributed by atoms with E-state index < -0.39 is 0 Å². The van der Waals surface area contributed by atoms with E-state index in [1.807, 2.05) is 49.5 Å². The van der Waals surface area contributed by atoms with Crippen LogP contribution in [0.3, 0.4) is 0 Å². The van der Waals surface area contributed by atoms with Crippen LogP contribution >= 0.6 is 0 Å². The second-order valence-corrected chi connectivity index (χ2v) is 8.94. The Balaban J connectivity index is 2.03. The van der Waals surface area contributed by atoms with Gasteiger partial charge in [-0.3, -0.25) is 9.69 Å². The van der Waals surface area contributed by atoms with Crippen molar-refractivity contribution < 1.29 is 19.1 Å². The first-order valence-corrected chi connectivity index (χ1v) is 11.6. The van der Waals surface area contributed by atoms with Gasteiger partial charge in [0.15, 0.2) is 11.5 Å². The standard InChI is InChI=1S/C27H35N3O4/c1-17(2)11-12-29-26(31)20-9-7-19(8-10-20)23-16-30(27(32)28-4)18(3)13-21-14-24(33-5)25(34-6)15-22(21)23/h7-10,14-18H,11-13H2,1-6H3,(H,28,32)(H,29,31). The molecule has 1 atom stereocenters. The fraction of sp³-hybridized carbons (Fsp3) is 0.407. The molecule has 1 aliphatic heterocycles. The van der Waals surface area contributed by atoms with Gasteiger partial charge < -0.3 is 20.1 Å². The number of fused-ring (bicyclic) bond motifs is 1. The lowest BCUT2D eigenvalue weighted by Crippen LogP contribution is -2.40. The number of hydrogen-bond donors (Lipinski definition) is 2. The van der Waals surface area contributed by atoms with Gasteiger partial charge in [0.05, 0.1) is 14.2 Å². The van der Waals surface area contributed by atoms with Gasteiger partial charge in [-0.25, -0.2) is 4.79 Å². The molecule has 1 heterocycles. The van der Waals surface area contributed by atoms with Crippen LogP contribution in [0.5, 0.6) is 11.5 Å². The molecular formula is C27H35N3O4. The Bertz CT molecular complexity index is 1060. The summed E-state index contributed by atoms with van der Waals surface area (Å²) in [6.45, 7) is 6.93. The van der Waals surface area contributed by atoms with Crippen LogP contribution in [0, 0.1) is 5.92 Å². The molecule has 34 heavy (non-hydrogen) atoms. The van der Waals surface area contributed by atoms with Crippen molar-refractivity contribution in [1.82, 2.24) is 15.5 Å². The minimum absolute atomic E-state index is 0.0692. The molecule has 3 amide bonds. The van der Waals surface area contributed by atoms with Crippen molar-refractivity contribution in [3.8, 4) is 11.5 Å². The fourth-order valence-corrected chi connectivity index (χ4v) is 4.09. The number of methoxy groups -OCH3 is 2. The van der Waals surface area contributed by atoms with Crippen molar-refractivity contribution in [2.45, 2.75) is 39.7 Å². The zero-order valence-electron chi connectivity index (χ0n) is 20.9. The second-order valence-electron chi connectivity index (χ2n) is 8.94. The van der Waals surface area contributed by atoms with E-state index in [1.54, 1.807) is 26.2 Å². The number of benzene rings is 2. The van der Waals surface area contributed by atoms with E-state index in [1.165, 1.54) is 0 Å². The monoisotopic (exact) mass is 465 g/mol. The number of urea groups is 1. The van der Waals surface area contributed by atoms with Crippen LogP contribution in [-0.2, 0) is 6.42 Å². The van der Waals surface area contributed by atoms with Gasteiger partial charge in [-0.05, 0) is 66.6 Å². The maximum atomic E-state index is 12.7. The minimum Gasteiger partial charge on any atom is -0.493 e. The molecule has 7 heteroatoms. The van der Waals surface area contributed by atoms with Crippen molar-refractivity contribution in [1.29, 1.82) is 0 Å². The SMILES string of the molecule is CNC(=O)N1C=C(c2ccc(C(=O)NCCC(C)C)cc2)c2cc(OC)c(OC)cc2CC1C. The molecule has 1 aliphatic rings. The van der Waals surface area contributed by atoms with E-state index in [0.717, 1.165) is 28.7 Å². The molecule has 3 rings (SSSR count). The van der Waals surface area contributed by atoms with Gasteiger partial charge in [0, 0.05) is 37.0 Å². The number of nitrogens with zero attached hydrogens (tertiary/aromatic N) is 1. The largest absolute Gasteiger partial charge is 0.493 e. The molecule has 2 aromatic carbocycles. The van der Waals surface area contributed by atoms with Gasteiger partial charge >= 0.3 is 6.03 Å². The summed E-state index contributed by atoms with van der Waals surface area (Å²) in [6, 6.07) is 11.1. The lowest BCUT2D eigenvalue weighted by Gasteiger charge is -2.24. The average Bonchev–Trinajstić information content (AvgIpc) is 2.97. The Morgan fingerprint density at radius 3 is 2.32 bits per heavy atom. The molecule has 2 N–H and O–H groups in total. The highest BCUT2D eigenvalue weighted by atomic mass is 16.5. The molecule has 182 valence electrons. The molecule has 0 fully saturated rings. The summed E-state index contributed by atoms with van der Waals surface area (Å²) in [5.74, 6) is 1.71. The van der Waals surface area contributed by atoms with Crippen LogP contribution in [0.25, 0.3) is 5.57 Å². The van der Waals surface area contributed by atoms with Gasteiger partial charge in [-0.2, -0.15) is 0 Å². The molecule has 0 aromatic heterocycles. The van der Waals surface area contributed by atoms with E-state index in [2.05, 4.69) is 24.5 Å². The Kier molecular flexibility index (Phi) is 8.21. The van der Waals surface area contributed by atoms with Crippen LogP contribution in [0.15, 0.2) is 42.6 Å². The smallest absolute Gasteiger partial charge is 0.321 e. The number of ether oxygens (including phenoxy) is 2. The summed E-state index contributed by atoms with van der Waals surface area (Å²) in [4.78, 5) is 26.9. The molecular weight excluding hydrogens is 430 g/mol. The Morgan fingerprint density at radius 1 is 1.09 bits per heavy atom. The normalized spacial score (nSPS) is 15.2. The van der Waals surface area contributed by atoms with Crippen molar-refractivity contribution >= 4 is 17.5 Å². The summed E-state index contributed by atoms with van der Waals surface area (Å²) < 4.78 is 11.1. The lowest BCUT2D eigenvalue weighted by atomic mass is 9.92. The highest BCUT2D eigenvalue weighted by molar-refractivity contribution is 5.95. The number of rotatable bonds is 7. The number of carbonyl (C=O) groups excluding carboxylic acids is 2. The van der Waals surface area contributed by atoms with Crippen molar-refractivity contribution in [3.63, 3.8) is 0 Å². The molecule has 0 saturated heterocycles.